The molecular weight excluding hydrogens is 304 g/mol. The van der Waals surface area contributed by atoms with Crippen LogP contribution >= 0.6 is 0 Å². The molecule has 2 fully saturated rings. The van der Waals surface area contributed by atoms with Crippen molar-refractivity contribution in [2.75, 3.05) is 57.4 Å². The van der Waals surface area contributed by atoms with Crippen molar-refractivity contribution in [2.45, 2.75) is 32.3 Å². The number of aromatic nitrogens is 2. The van der Waals surface area contributed by atoms with Crippen LogP contribution in [0.3, 0.4) is 0 Å². The Morgan fingerprint density at radius 3 is 2.83 bits per heavy atom. The molecule has 3 aliphatic rings. The molecule has 1 atom stereocenters. The van der Waals surface area contributed by atoms with E-state index < -0.39 is 0 Å². The molecule has 0 aliphatic carbocycles. The zero-order chi connectivity index (χ0) is 16.6. The molecule has 1 aromatic rings. The molecule has 0 saturated carbocycles. The van der Waals surface area contributed by atoms with E-state index in [4.69, 9.17) is 14.5 Å². The first-order chi connectivity index (χ1) is 11.7. The highest BCUT2D eigenvalue weighted by Crippen LogP contribution is 2.39. The molecule has 0 bridgehead atoms. The Kier molecular flexibility index (Phi) is 4.45. The van der Waals surface area contributed by atoms with Crippen molar-refractivity contribution in [1.82, 2.24) is 14.9 Å². The van der Waals surface area contributed by atoms with Gasteiger partial charge >= 0.3 is 0 Å². The van der Waals surface area contributed by atoms with E-state index in [0.29, 0.717) is 12.5 Å². The number of rotatable bonds is 3. The summed E-state index contributed by atoms with van der Waals surface area (Å²) in [5.74, 6) is 1.55. The van der Waals surface area contributed by atoms with Crippen LogP contribution in [0, 0.1) is 5.92 Å². The summed E-state index contributed by atoms with van der Waals surface area (Å²) in [6.07, 6.45) is 3.12. The first kappa shape index (κ1) is 16.2. The summed E-state index contributed by atoms with van der Waals surface area (Å²) in [6.45, 7) is 12.6. The van der Waals surface area contributed by atoms with E-state index >= 15 is 0 Å². The highest BCUT2D eigenvalue weighted by atomic mass is 16.5. The van der Waals surface area contributed by atoms with Gasteiger partial charge in [0.25, 0.3) is 0 Å². The van der Waals surface area contributed by atoms with Crippen molar-refractivity contribution in [1.29, 1.82) is 0 Å². The molecule has 4 heterocycles. The maximum absolute atomic E-state index is 5.93. The molecule has 0 N–H and O–H groups in total. The third-order valence-electron chi connectivity index (χ3n) is 5.34. The fourth-order valence-corrected chi connectivity index (χ4v) is 4.24. The maximum Gasteiger partial charge on any atom is 0.225 e. The lowest BCUT2D eigenvalue weighted by molar-refractivity contribution is 0.0500. The molecule has 1 aromatic heterocycles. The summed E-state index contributed by atoms with van der Waals surface area (Å²) in [5.41, 5.74) is 2.45. The van der Waals surface area contributed by atoms with Gasteiger partial charge in [-0.2, -0.15) is 0 Å². The van der Waals surface area contributed by atoms with Crippen molar-refractivity contribution >= 4 is 5.95 Å². The van der Waals surface area contributed by atoms with E-state index in [0.717, 1.165) is 64.9 Å². The third kappa shape index (κ3) is 3.03. The fraction of sp³-hybridized carbons (Fsp3) is 0.778. The topological polar surface area (TPSA) is 50.7 Å². The first-order valence-electron chi connectivity index (χ1n) is 9.15. The van der Waals surface area contributed by atoms with Crippen LogP contribution in [0.5, 0.6) is 0 Å². The molecule has 6 heteroatoms. The Morgan fingerprint density at radius 1 is 1.21 bits per heavy atom. The SMILES string of the molecule is CC(C)CN1CCC2(COCc3cnc(N4CCOCC4)nc32)C1. The number of hydrogen-bond acceptors (Lipinski definition) is 6. The summed E-state index contributed by atoms with van der Waals surface area (Å²) in [5, 5.41) is 0. The van der Waals surface area contributed by atoms with Gasteiger partial charge in [0.2, 0.25) is 5.95 Å². The van der Waals surface area contributed by atoms with Crippen LogP contribution in [0.1, 0.15) is 31.5 Å². The van der Waals surface area contributed by atoms with Gasteiger partial charge in [-0.1, -0.05) is 13.8 Å². The van der Waals surface area contributed by atoms with Crippen molar-refractivity contribution in [3.8, 4) is 0 Å². The third-order valence-corrected chi connectivity index (χ3v) is 5.34. The smallest absolute Gasteiger partial charge is 0.225 e. The van der Waals surface area contributed by atoms with Gasteiger partial charge in [-0.3, -0.25) is 0 Å². The fourth-order valence-electron chi connectivity index (χ4n) is 4.24. The van der Waals surface area contributed by atoms with Crippen molar-refractivity contribution in [2.24, 2.45) is 5.92 Å². The second kappa shape index (κ2) is 6.58. The van der Waals surface area contributed by atoms with Crippen molar-refractivity contribution in [3.05, 3.63) is 17.5 Å². The molecule has 1 spiro atoms. The Labute approximate surface area is 144 Å². The summed E-state index contributed by atoms with van der Waals surface area (Å²) in [7, 11) is 0. The molecule has 0 amide bonds. The highest BCUT2D eigenvalue weighted by molar-refractivity contribution is 5.38. The lowest BCUT2D eigenvalue weighted by Crippen LogP contribution is -2.42. The van der Waals surface area contributed by atoms with E-state index in [1.807, 2.05) is 6.20 Å². The van der Waals surface area contributed by atoms with E-state index in [9.17, 15) is 0 Å². The summed E-state index contributed by atoms with van der Waals surface area (Å²) < 4.78 is 11.4. The van der Waals surface area contributed by atoms with E-state index in [1.165, 1.54) is 11.3 Å². The maximum atomic E-state index is 5.93. The lowest BCUT2D eigenvalue weighted by atomic mass is 9.80. The van der Waals surface area contributed by atoms with Gasteiger partial charge in [0.15, 0.2) is 0 Å². The Hall–Kier alpha value is -1.24. The predicted octanol–water partition coefficient (Wildman–Crippen LogP) is 1.44. The second-order valence-corrected chi connectivity index (χ2v) is 7.80. The second-order valence-electron chi connectivity index (χ2n) is 7.80. The van der Waals surface area contributed by atoms with Gasteiger partial charge in [0, 0.05) is 37.9 Å². The standard InChI is InChI=1S/C18H28N4O2/c1-14(2)10-21-4-3-18(12-21)13-24-11-15-9-19-17(20-16(15)18)22-5-7-23-8-6-22/h9,14H,3-8,10-13H2,1-2H3. The van der Waals surface area contributed by atoms with Crippen LogP contribution in [0.4, 0.5) is 5.95 Å². The van der Waals surface area contributed by atoms with Crippen LogP contribution in [-0.2, 0) is 21.5 Å². The average Bonchev–Trinajstić information content (AvgIpc) is 2.98. The number of likely N-dealkylation sites (tertiary alicyclic amines) is 1. The first-order valence-corrected chi connectivity index (χ1v) is 9.15. The molecule has 24 heavy (non-hydrogen) atoms. The molecule has 6 nitrogen and oxygen atoms in total. The molecule has 1 unspecified atom stereocenters. The monoisotopic (exact) mass is 332 g/mol. The lowest BCUT2D eigenvalue weighted by Gasteiger charge is -2.36. The van der Waals surface area contributed by atoms with E-state index in [-0.39, 0.29) is 5.41 Å². The zero-order valence-corrected chi connectivity index (χ0v) is 14.8. The summed E-state index contributed by atoms with van der Waals surface area (Å²) in [6, 6.07) is 0. The minimum atomic E-state index is 0.0481. The summed E-state index contributed by atoms with van der Waals surface area (Å²) in [4.78, 5) is 14.5. The Balaban J connectivity index is 1.61. The molecule has 3 aliphatic heterocycles. The van der Waals surface area contributed by atoms with E-state index in [2.05, 4.69) is 28.6 Å². The normalized spacial score (nSPS) is 27.9. The van der Waals surface area contributed by atoms with Gasteiger partial charge in [0.05, 0.1) is 37.5 Å². The number of ether oxygens (including phenoxy) is 2. The predicted molar refractivity (Wildman–Crippen MR) is 92.3 cm³/mol. The van der Waals surface area contributed by atoms with Gasteiger partial charge in [0.1, 0.15) is 0 Å². The highest BCUT2D eigenvalue weighted by Gasteiger charge is 2.45. The van der Waals surface area contributed by atoms with Crippen molar-refractivity contribution in [3.63, 3.8) is 0 Å². The van der Waals surface area contributed by atoms with Crippen LogP contribution in [-0.4, -0.2) is 67.4 Å². The number of hydrogen-bond donors (Lipinski definition) is 0. The average molecular weight is 332 g/mol. The van der Waals surface area contributed by atoms with Gasteiger partial charge < -0.3 is 19.3 Å². The quantitative estimate of drug-likeness (QED) is 0.835. The van der Waals surface area contributed by atoms with Crippen molar-refractivity contribution < 1.29 is 9.47 Å². The van der Waals surface area contributed by atoms with Gasteiger partial charge in [-0.15, -0.1) is 0 Å². The number of nitrogens with zero attached hydrogens (tertiary/aromatic N) is 4. The Morgan fingerprint density at radius 2 is 2.04 bits per heavy atom. The molecule has 4 rings (SSSR count). The zero-order valence-electron chi connectivity index (χ0n) is 14.8. The molecule has 2 saturated heterocycles. The van der Waals surface area contributed by atoms with Crippen LogP contribution < -0.4 is 4.90 Å². The number of anilines is 1. The molecule has 0 aromatic carbocycles. The number of morpholine rings is 1. The minimum Gasteiger partial charge on any atom is -0.378 e. The van der Waals surface area contributed by atoms with E-state index in [1.54, 1.807) is 0 Å². The molecular formula is C18H28N4O2. The minimum absolute atomic E-state index is 0.0481. The summed E-state index contributed by atoms with van der Waals surface area (Å²) >= 11 is 0. The molecule has 132 valence electrons. The van der Waals surface area contributed by atoms with Crippen LogP contribution in [0.2, 0.25) is 0 Å². The number of fused-ring (bicyclic) bond motifs is 2. The molecule has 0 radical (unpaired) electrons. The largest absolute Gasteiger partial charge is 0.378 e. The Bertz CT molecular complexity index is 588. The van der Waals surface area contributed by atoms with Crippen LogP contribution in [0.15, 0.2) is 6.20 Å². The van der Waals surface area contributed by atoms with Gasteiger partial charge in [-0.25, -0.2) is 9.97 Å². The van der Waals surface area contributed by atoms with Gasteiger partial charge in [-0.05, 0) is 18.9 Å². The van der Waals surface area contributed by atoms with Crippen LogP contribution in [0.25, 0.3) is 0 Å².